The van der Waals surface area contributed by atoms with E-state index in [1.165, 1.54) is 4.90 Å². The molecule has 1 aromatic rings. The van der Waals surface area contributed by atoms with Gasteiger partial charge in [-0.15, -0.1) is 0 Å². The predicted octanol–water partition coefficient (Wildman–Crippen LogP) is 2.96. The Morgan fingerprint density at radius 3 is 2.48 bits per heavy atom. The van der Waals surface area contributed by atoms with Crippen LogP contribution < -0.4 is 4.90 Å². The molecule has 8 heteroatoms. The molecule has 0 radical (unpaired) electrons. The van der Waals surface area contributed by atoms with E-state index in [4.69, 9.17) is 5.11 Å². The summed E-state index contributed by atoms with van der Waals surface area (Å²) < 4.78 is 39.5. The van der Waals surface area contributed by atoms with Gasteiger partial charge in [0.1, 0.15) is 0 Å². The van der Waals surface area contributed by atoms with Crippen LogP contribution in [-0.4, -0.2) is 29.2 Å². The molecule has 1 aliphatic rings. The molecule has 21 heavy (non-hydrogen) atoms. The molecule has 0 amide bonds. The third kappa shape index (κ3) is 3.26. The first-order chi connectivity index (χ1) is 9.84. The fraction of sp³-hybridized carbons (Fsp3) is 0.538. The van der Waals surface area contributed by atoms with Crippen LogP contribution in [0.4, 0.5) is 24.5 Å². The van der Waals surface area contributed by atoms with Crippen LogP contribution in [0, 0.1) is 10.1 Å². The van der Waals surface area contributed by atoms with E-state index in [1.807, 2.05) is 0 Å². The van der Waals surface area contributed by atoms with E-state index in [-0.39, 0.29) is 24.9 Å². The van der Waals surface area contributed by atoms with Crippen molar-refractivity contribution >= 4 is 11.4 Å². The SMILES string of the molecule is O=[N+]([O-])c1ccc(N(CCO)C2CCC2)c(C(F)(F)F)c1. The Balaban J connectivity index is 2.47. The average Bonchev–Trinajstić information content (AvgIpc) is 2.34. The zero-order valence-corrected chi connectivity index (χ0v) is 11.1. The third-order valence-corrected chi connectivity index (χ3v) is 3.66. The van der Waals surface area contributed by atoms with Crippen LogP contribution >= 0.6 is 0 Å². The Labute approximate surface area is 119 Å². The van der Waals surface area contributed by atoms with Gasteiger partial charge in [-0.25, -0.2) is 0 Å². The first-order valence-corrected chi connectivity index (χ1v) is 6.57. The smallest absolute Gasteiger partial charge is 0.395 e. The van der Waals surface area contributed by atoms with Crippen molar-refractivity contribution in [1.82, 2.24) is 0 Å². The monoisotopic (exact) mass is 304 g/mol. The quantitative estimate of drug-likeness (QED) is 0.671. The summed E-state index contributed by atoms with van der Waals surface area (Å²) in [7, 11) is 0. The molecule has 5 nitrogen and oxygen atoms in total. The van der Waals surface area contributed by atoms with Gasteiger partial charge in [-0.1, -0.05) is 0 Å². The van der Waals surface area contributed by atoms with Gasteiger partial charge in [-0.2, -0.15) is 13.2 Å². The Morgan fingerprint density at radius 2 is 2.05 bits per heavy atom. The summed E-state index contributed by atoms with van der Waals surface area (Å²) in [6, 6.07) is 2.68. The highest BCUT2D eigenvalue weighted by atomic mass is 19.4. The van der Waals surface area contributed by atoms with Crippen molar-refractivity contribution in [2.24, 2.45) is 0 Å². The van der Waals surface area contributed by atoms with Crippen molar-refractivity contribution in [2.45, 2.75) is 31.5 Å². The number of hydrogen-bond acceptors (Lipinski definition) is 4. The highest BCUT2D eigenvalue weighted by Crippen LogP contribution is 2.41. The number of nitrogens with zero attached hydrogens (tertiary/aromatic N) is 2. The summed E-state index contributed by atoms with van der Waals surface area (Å²) in [6.45, 7) is -0.198. The maximum Gasteiger partial charge on any atom is 0.418 e. The Hall–Kier alpha value is -1.83. The highest BCUT2D eigenvalue weighted by Gasteiger charge is 2.38. The molecule has 0 saturated heterocycles. The summed E-state index contributed by atoms with van der Waals surface area (Å²) in [6.07, 6.45) is -2.23. The largest absolute Gasteiger partial charge is 0.418 e. The number of rotatable bonds is 5. The topological polar surface area (TPSA) is 66.6 Å². The molecule has 0 spiro atoms. The zero-order valence-electron chi connectivity index (χ0n) is 11.1. The highest BCUT2D eigenvalue weighted by molar-refractivity contribution is 5.60. The maximum atomic E-state index is 13.2. The maximum absolute atomic E-state index is 13.2. The molecule has 2 rings (SSSR count). The molecule has 1 fully saturated rings. The van der Waals surface area contributed by atoms with E-state index in [1.54, 1.807) is 0 Å². The van der Waals surface area contributed by atoms with Gasteiger partial charge in [0.25, 0.3) is 5.69 Å². The van der Waals surface area contributed by atoms with E-state index < -0.39 is 22.4 Å². The van der Waals surface area contributed by atoms with Gasteiger partial charge in [0.2, 0.25) is 0 Å². The first kappa shape index (κ1) is 15.6. The van der Waals surface area contributed by atoms with Gasteiger partial charge in [0.15, 0.2) is 0 Å². The lowest BCUT2D eigenvalue weighted by molar-refractivity contribution is -0.385. The van der Waals surface area contributed by atoms with E-state index >= 15 is 0 Å². The second-order valence-corrected chi connectivity index (χ2v) is 4.96. The van der Waals surface area contributed by atoms with Crippen LogP contribution in [0.2, 0.25) is 0 Å². The van der Waals surface area contributed by atoms with Crippen molar-refractivity contribution in [1.29, 1.82) is 0 Å². The van der Waals surface area contributed by atoms with Gasteiger partial charge in [0, 0.05) is 30.4 Å². The normalized spacial score (nSPS) is 15.6. The van der Waals surface area contributed by atoms with Crippen molar-refractivity contribution in [2.75, 3.05) is 18.1 Å². The van der Waals surface area contributed by atoms with Crippen LogP contribution in [0.3, 0.4) is 0 Å². The molecule has 0 heterocycles. The number of aliphatic hydroxyl groups excluding tert-OH is 1. The van der Waals surface area contributed by atoms with E-state index in [0.29, 0.717) is 6.07 Å². The zero-order chi connectivity index (χ0) is 15.6. The molecule has 1 aliphatic carbocycles. The number of nitro benzene ring substituents is 1. The van der Waals surface area contributed by atoms with E-state index in [9.17, 15) is 23.3 Å². The molecule has 1 saturated carbocycles. The number of non-ortho nitro benzene ring substituents is 1. The average molecular weight is 304 g/mol. The third-order valence-electron chi connectivity index (χ3n) is 3.66. The lowest BCUT2D eigenvalue weighted by Crippen LogP contribution is -2.42. The Morgan fingerprint density at radius 1 is 1.38 bits per heavy atom. The second-order valence-electron chi connectivity index (χ2n) is 4.96. The predicted molar refractivity (Wildman–Crippen MR) is 70.2 cm³/mol. The number of anilines is 1. The fourth-order valence-corrected chi connectivity index (χ4v) is 2.42. The lowest BCUT2D eigenvalue weighted by Gasteiger charge is -2.40. The van der Waals surface area contributed by atoms with Crippen LogP contribution in [0.5, 0.6) is 0 Å². The number of benzene rings is 1. The second kappa shape index (κ2) is 5.88. The number of halogens is 3. The summed E-state index contributed by atoms with van der Waals surface area (Å²) >= 11 is 0. The number of alkyl halides is 3. The molecule has 116 valence electrons. The van der Waals surface area contributed by atoms with Crippen molar-refractivity contribution in [3.8, 4) is 0 Å². The van der Waals surface area contributed by atoms with Crippen LogP contribution in [0.25, 0.3) is 0 Å². The Bertz CT molecular complexity index is 530. The minimum Gasteiger partial charge on any atom is -0.395 e. The van der Waals surface area contributed by atoms with Gasteiger partial charge >= 0.3 is 6.18 Å². The molecule has 0 atom stereocenters. The van der Waals surface area contributed by atoms with Crippen molar-refractivity contribution in [3.63, 3.8) is 0 Å². The van der Waals surface area contributed by atoms with E-state index in [0.717, 1.165) is 31.4 Å². The molecule has 1 N–H and O–H groups in total. The molecular formula is C13H15F3N2O3. The number of nitro groups is 1. The van der Waals surface area contributed by atoms with Crippen molar-refractivity contribution in [3.05, 3.63) is 33.9 Å². The summed E-state index contributed by atoms with van der Waals surface area (Å²) in [4.78, 5) is 11.3. The fourth-order valence-electron chi connectivity index (χ4n) is 2.42. The molecular weight excluding hydrogens is 289 g/mol. The van der Waals surface area contributed by atoms with E-state index in [2.05, 4.69) is 0 Å². The first-order valence-electron chi connectivity index (χ1n) is 6.57. The van der Waals surface area contributed by atoms with Gasteiger partial charge in [-0.05, 0) is 25.3 Å². The standard InChI is InChI=1S/C13H15F3N2O3/c14-13(15,16)11-8-10(18(20)21)4-5-12(11)17(6-7-19)9-2-1-3-9/h4-5,8-9,19H,1-3,6-7H2. The summed E-state index contributed by atoms with van der Waals surface area (Å²) in [5.74, 6) is 0. The lowest BCUT2D eigenvalue weighted by atomic mass is 9.90. The van der Waals surface area contributed by atoms with Crippen LogP contribution in [0.15, 0.2) is 18.2 Å². The van der Waals surface area contributed by atoms with Gasteiger partial charge < -0.3 is 10.0 Å². The molecule has 0 aliphatic heterocycles. The van der Waals surface area contributed by atoms with Crippen LogP contribution in [0.1, 0.15) is 24.8 Å². The van der Waals surface area contributed by atoms with Crippen LogP contribution in [-0.2, 0) is 6.18 Å². The molecule has 1 aromatic carbocycles. The van der Waals surface area contributed by atoms with Gasteiger partial charge in [-0.3, -0.25) is 10.1 Å². The Kier molecular flexibility index (Phi) is 4.36. The molecule has 0 aromatic heterocycles. The minimum absolute atomic E-state index is 0.0558. The molecule has 0 unspecified atom stereocenters. The summed E-state index contributed by atoms with van der Waals surface area (Å²) in [5.41, 5.74) is -1.73. The molecule has 0 bridgehead atoms. The summed E-state index contributed by atoms with van der Waals surface area (Å²) in [5, 5.41) is 19.7. The number of hydrogen-bond donors (Lipinski definition) is 1. The van der Waals surface area contributed by atoms with Crippen molar-refractivity contribution < 1.29 is 23.2 Å². The number of aliphatic hydroxyl groups is 1. The minimum atomic E-state index is -4.68. The van der Waals surface area contributed by atoms with Gasteiger partial charge in [0.05, 0.1) is 17.1 Å².